The van der Waals surface area contributed by atoms with Crippen molar-refractivity contribution in [3.8, 4) is 0 Å². The summed E-state index contributed by atoms with van der Waals surface area (Å²) < 4.78 is 11.1. The van der Waals surface area contributed by atoms with Gasteiger partial charge in [-0.2, -0.15) is 0 Å². The van der Waals surface area contributed by atoms with E-state index in [1.54, 1.807) is 0 Å². The molecule has 0 radical (unpaired) electrons. The van der Waals surface area contributed by atoms with Crippen LogP contribution in [0.5, 0.6) is 0 Å². The van der Waals surface area contributed by atoms with Crippen molar-refractivity contribution in [3.63, 3.8) is 0 Å². The van der Waals surface area contributed by atoms with E-state index in [4.69, 9.17) is 9.15 Å². The summed E-state index contributed by atoms with van der Waals surface area (Å²) >= 11 is 0. The average Bonchev–Trinajstić information content (AvgIpc) is 2.87. The number of nitrogens with zero attached hydrogens (tertiary/aromatic N) is 1. The summed E-state index contributed by atoms with van der Waals surface area (Å²) in [7, 11) is 4.13. The second-order valence-electron chi connectivity index (χ2n) is 4.90. The fourth-order valence-electron chi connectivity index (χ4n) is 2.40. The molecule has 4 nitrogen and oxygen atoms in total. The molecule has 0 aliphatic carbocycles. The van der Waals surface area contributed by atoms with Crippen molar-refractivity contribution in [3.05, 3.63) is 23.7 Å². The SMILES string of the molecule is CNC1COCC1CN(C)Cc1ccc(C)o1. The molecule has 1 saturated heterocycles. The third-order valence-corrected chi connectivity index (χ3v) is 3.34. The predicted molar refractivity (Wildman–Crippen MR) is 66.9 cm³/mol. The molecule has 17 heavy (non-hydrogen) atoms. The number of hydrogen-bond donors (Lipinski definition) is 1. The highest BCUT2D eigenvalue weighted by Gasteiger charge is 2.27. The fourth-order valence-corrected chi connectivity index (χ4v) is 2.40. The highest BCUT2D eigenvalue weighted by Crippen LogP contribution is 2.16. The molecule has 1 aromatic heterocycles. The summed E-state index contributed by atoms with van der Waals surface area (Å²) in [5.74, 6) is 2.58. The first-order chi connectivity index (χ1) is 8.19. The number of furan rings is 1. The predicted octanol–water partition coefficient (Wildman–Crippen LogP) is 1.25. The third kappa shape index (κ3) is 3.31. The normalized spacial score (nSPS) is 24.7. The van der Waals surface area contributed by atoms with Gasteiger partial charge in [-0.25, -0.2) is 0 Å². The lowest BCUT2D eigenvalue weighted by molar-refractivity contribution is 0.170. The van der Waals surface area contributed by atoms with E-state index >= 15 is 0 Å². The minimum absolute atomic E-state index is 0.482. The van der Waals surface area contributed by atoms with Crippen LogP contribution in [0.3, 0.4) is 0 Å². The number of likely N-dealkylation sites (N-methyl/N-ethyl adjacent to an activating group) is 1. The molecule has 2 heterocycles. The monoisotopic (exact) mass is 238 g/mol. The van der Waals surface area contributed by atoms with Gasteiger partial charge in [0.15, 0.2) is 0 Å². The second-order valence-corrected chi connectivity index (χ2v) is 4.90. The maximum atomic E-state index is 5.58. The van der Waals surface area contributed by atoms with Crippen LogP contribution >= 0.6 is 0 Å². The largest absolute Gasteiger partial charge is 0.465 e. The second kappa shape index (κ2) is 5.67. The van der Waals surface area contributed by atoms with Crippen LogP contribution in [0, 0.1) is 12.8 Å². The number of rotatable bonds is 5. The first-order valence-electron chi connectivity index (χ1n) is 6.18. The Labute approximate surface area is 103 Å². The standard InChI is InChI=1S/C13H22N2O2/c1-10-4-5-12(17-10)7-15(3)6-11-8-16-9-13(11)14-2/h4-5,11,13-14H,6-9H2,1-3H3. The van der Waals surface area contributed by atoms with Gasteiger partial charge in [-0.15, -0.1) is 0 Å². The van der Waals surface area contributed by atoms with E-state index in [0.29, 0.717) is 12.0 Å². The van der Waals surface area contributed by atoms with E-state index in [9.17, 15) is 0 Å². The Morgan fingerprint density at radius 1 is 1.41 bits per heavy atom. The summed E-state index contributed by atoms with van der Waals surface area (Å²) in [5.41, 5.74) is 0. The lowest BCUT2D eigenvalue weighted by Crippen LogP contribution is -2.38. The van der Waals surface area contributed by atoms with Crippen molar-refractivity contribution >= 4 is 0 Å². The zero-order chi connectivity index (χ0) is 12.3. The quantitative estimate of drug-likeness (QED) is 0.838. The summed E-state index contributed by atoms with van der Waals surface area (Å²) in [5, 5.41) is 3.31. The van der Waals surface area contributed by atoms with Gasteiger partial charge in [-0.05, 0) is 33.2 Å². The van der Waals surface area contributed by atoms with E-state index in [0.717, 1.165) is 37.8 Å². The zero-order valence-corrected chi connectivity index (χ0v) is 10.9. The molecule has 0 saturated carbocycles. The highest BCUT2D eigenvalue weighted by atomic mass is 16.5. The van der Waals surface area contributed by atoms with Gasteiger partial charge >= 0.3 is 0 Å². The lowest BCUT2D eigenvalue weighted by Gasteiger charge is -2.23. The third-order valence-electron chi connectivity index (χ3n) is 3.34. The van der Waals surface area contributed by atoms with Gasteiger partial charge < -0.3 is 14.5 Å². The number of hydrogen-bond acceptors (Lipinski definition) is 4. The fraction of sp³-hybridized carbons (Fsp3) is 0.692. The zero-order valence-electron chi connectivity index (χ0n) is 10.9. The minimum Gasteiger partial charge on any atom is -0.465 e. The molecule has 1 fully saturated rings. The van der Waals surface area contributed by atoms with Crippen LogP contribution in [-0.4, -0.2) is 44.8 Å². The van der Waals surface area contributed by atoms with Crippen LogP contribution in [0.2, 0.25) is 0 Å². The van der Waals surface area contributed by atoms with E-state index in [2.05, 4.69) is 17.3 Å². The first kappa shape index (κ1) is 12.6. The van der Waals surface area contributed by atoms with Gasteiger partial charge in [-0.3, -0.25) is 4.90 Å². The Hall–Kier alpha value is -0.840. The van der Waals surface area contributed by atoms with Crippen LogP contribution in [0.1, 0.15) is 11.5 Å². The number of aryl methyl sites for hydroxylation is 1. The van der Waals surface area contributed by atoms with E-state index in [1.807, 2.05) is 26.1 Å². The number of nitrogens with one attached hydrogen (secondary N) is 1. The molecule has 2 unspecified atom stereocenters. The van der Waals surface area contributed by atoms with Crippen molar-refractivity contribution in [1.82, 2.24) is 10.2 Å². The first-order valence-corrected chi connectivity index (χ1v) is 6.18. The molecule has 0 amide bonds. The van der Waals surface area contributed by atoms with Gasteiger partial charge in [-0.1, -0.05) is 0 Å². The van der Waals surface area contributed by atoms with Crippen molar-refractivity contribution in [2.45, 2.75) is 19.5 Å². The maximum absolute atomic E-state index is 5.58. The molecule has 1 N–H and O–H groups in total. The van der Waals surface area contributed by atoms with Crippen molar-refractivity contribution in [2.24, 2.45) is 5.92 Å². The van der Waals surface area contributed by atoms with Crippen LogP contribution in [-0.2, 0) is 11.3 Å². The molecule has 0 aromatic carbocycles. The van der Waals surface area contributed by atoms with Gasteiger partial charge in [0.05, 0.1) is 19.8 Å². The average molecular weight is 238 g/mol. The van der Waals surface area contributed by atoms with Crippen molar-refractivity contribution in [2.75, 3.05) is 33.9 Å². The molecule has 96 valence electrons. The van der Waals surface area contributed by atoms with Crippen LogP contribution in [0.15, 0.2) is 16.5 Å². The molecule has 1 aromatic rings. The lowest BCUT2D eigenvalue weighted by atomic mass is 10.0. The summed E-state index contributed by atoms with van der Waals surface area (Å²) in [4.78, 5) is 2.29. The Bertz CT molecular complexity index is 351. The molecular formula is C13H22N2O2. The molecule has 2 rings (SSSR count). The molecule has 0 spiro atoms. The topological polar surface area (TPSA) is 37.6 Å². The van der Waals surface area contributed by atoms with E-state index in [-0.39, 0.29) is 0 Å². The smallest absolute Gasteiger partial charge is 0.118 e. The number of ether oxygens (including phenoxy) is 1. The summed E-state index contributed by atoms with van der Waals surface area (Å²) in [6.45, 7) is 5.55. The van der Waals surface area contributed by atoms with E-state index < -0.39 is 0 Å². The molecule has 1 aliphatic heterocycles. The molecule has 1 aliphatic rings. The molecule has 4 heteroatoms. The molecule has 2 atom stereocenters. The maximum Gasteiger partial charge on any atom is 0.118 e. The summed E-state index contributed by atoms with van der Waals surface area (Å²) in [6.07, 6.45) is 0. The minimum atomic E-state index is 0.482. The van der Waals surface area contributed by atoms with Crippen LogP contribution in [0.25, 0.3) is 0 Å². The van der Waals surface area contributed by atoms with Gasteiger partial charge in [0.2, 0.25) is 0 Å². The Morgan fingerprint density at radius 2 is 2.24 bits per heavy atom. The Kier molecular flexibility index (Phi) is 4.20. The molecular weight excluding hydrogens is 216 g/mol. The molecule has 0 bridgehead atoms. The van der Waals surface area contributed by atoms with Crippen molar-refractivity contribution in [1.29, 1.82) is 0 Å². The highest BCUT2D eigenvalue weighted by molar-refractivity contribution is 5.05. The van der Waals surface area contributed by atoms with Crippen LogP contribution < -0.4 is 5.32 Å². The van der Waals surface area contributed by atoms with Gasteiger partial charge in [0.25, 0.3) is 0 Å². The van der Waals surface area contributed by atoms with Gasteiger partial charge in [0.1, 0.15) is 11.5 Å². The Morgan fingerprint density at radius 3 is 2.88 bits per heavy atom. The van der Waals surface area contributed by atoms with Gasteiger partial charge in [0, 0.05) is 18.5 Å². The van der Waals surface area contributed by atoms with Crippen molar-refractivity contribution < 1.29 is 9.15 Å². The van der Waals surface area contributed by atoms with Crippen LogP contribution in [0.4, 0.5) is 0 Å². The summed E-state index contributed by atoms with van der Waals surface area (Å²) in [6, 6.07) is 4.54. The Balaban J connectivity index is 1.82. The van der Waals surface area contributed by atoms with E-state index in [1.165, 1.54) is 0 Å².